The van der Waals surface area contributed by atoms with Crippen LogP contribution in [0.3, 0.4) is 0 Å². The first-order chi connectivity index (χ1) is 23.5. The van der Waals surface area contributed by atoms with E-state index in [0.717, 1.165) is 93.0 Å². The van der Waals surface area contributed by atoms with E-state index in [1.54, 1.807) is 12.3 Å². The summed E-state index contributed by atoms with van der Waals surface area (Å²) in [6.07, 6.45) is 10.4. The highest BCUT2D eigenvalue weighted by Crippen LogP contribution is 2.65. The topological polar surface area (TPSA) is 98.0 Å². The second-order valence-corrected chi connectivity index (χ2v) is 14.3. The van der Waals surface area contributed by atoms with E-state index in [2.05, 4.69) is 6.07 Å². The van der Waals surface area contributed by atoms with Gasteiger partial charge in [-0.2, -0.15) is 10.1 Å². The second kappa shape index (κ2) is 11.4. The van der Waals surface area contributed by atoms with Crippen molar-refractivity contribution >= 4 is 32.9 Å². The Kier molecular flexibility index (Phi) is 7.04. The van der Waals surface area contributed by atoms with Crippen molar-refractivity contribution in [2.75, 3.05) is 12.9 Å². The Hall–Kier alpha value is -4.38. The van der Waals surface area contributed by atoms with Crippen molar-refractivity contribution in [3.63, 3.8) is 0 Å². The summed E-state index contributed by atoms with van der Waals surface area (Å²) in [6.45, 7) is 3.00. The predicted molar refractivity (Wildman–Crippen MR) is 183 cm³/mol. The van der Waals surface area contributed by atoms with Crippen LogP contribution in [0, 0.1) is 5.82 Å². The summed E-state index contributed by atoms with van der Waals surface area (Å²) in [4.78, 5) is 14.8. The molecule has 10 heteroatoms. The fraction of sp³-hybridized carbons (Fsp3) is 0.316. The Morgan fingerprint density at radius 1 is 1.08 bits per heavy atom. The van der Waals surface area contributed by atoms with Crippen LogP contribution in [-0.2, 0) is 34.4 Å². The van der Waals surface area contributed by atoms with Crippen molar-refractivity contribution in [1.82, 2.24) is 24.7 Å². The summed E-state index contributed by atoms with van der Waals surface area (Å²) in [5.41, 5.74) is 7.46. The van der Waals surface area contributed by atoms with Crippen LogP contribution in [0.15, 0.2) is 72.1 Å². The number of ether oxygens (including phenoxy) is 2. The Balaban J connectivity index is 1.31. The molecule has 6 aromatic rings. The lowest BCUT2D eigenvalue weighted by molar-refractivity contribution is -0.0366. The molecule has 8 nitrogen and oxygen atoms in total. The van der Waals surface area contributed by atoms with E-state index in [1.807, 2.05) is 66.5 Å². The zero-order valence-electron chi connectivity index (χ0n) is 26.8. The van der Waals surface area contributed by atoms with Crippen LogP contribution in [0.25, 0.3) is 44.1 Å². The minimum atomic E-state index is -1.42. The van der Waals surface area contributed by atoms with E-state index in [-0.39, 0.29) is 17.2 Å². The zero-order valence-corrected chi connectivity index (χ0v) is 27.6. The van der Waals surface area contributed by atoms with E-state index >= 15 is 4.39 Å². The molecule has 3 aliphatic rings. The maximum Gasteiger partial charge on any atom is 0.346 e. The maximum absolute atomic E-state index is 15.6. The number of aryl methyl sites for hydroxylation is 1. The lowest BCUT2D eigenvalue weighted by Gasteiger charge is -2.24. The van der Waals surface area contributed by atoms with Gasteiger partial charge in [-0.1, -0.05) is 43.3 Å². The summed E-state index contributed by atoms with van der Waals surface area (Å²) >= 11 is -1.42. The van der Waals surface area contributed by atoms with Crippen molar-refractivity contribution in [2.45, 2.75) is 68.9 Å². The lowest BCUT2D eigenvalue weighted by Crippen LogP contribution is -2.19. The first-order valence-electron chi connectivity index (χ1n) is 16.6. The van der Waals surface area contributed by atoms with Crippen LogP contribution in [0.1, 0.15) is 67.6 Å². The molecule has 3 aromatic carbocycles. The number of benzene rings is 3. The minimum Gasteiger partial charge on any atom is -0.609 e. The van der Waals surface area contributed by atoms with Crippen molar-refractivity contribution in [1.29, 1.82) is 0 Å². The highest BCUT2D eigenvalue weighted by Gasteiger charge is 2.57. The Bertz CT molecular complexity index is 2230. The van der Waals surface area contributed by atoms with Gasteiger partial charge in [0.2, 0.25) is 5.88 Å². The van der Waals surface area contributed by atoms with Crippen molar-refractivity contribution < 1.29 is 18.4 Å². The number of pyridine rings is 1. The van der Waals surface area contributed by atoms with Gasteiger partial charge in [-0.05, 0) is 89.8 Å². The summed E-state index contributed by atoms with van der Waals surface area (Å²) in [6, 6.07) is 17.5. The molecule has 9 rings (SSSR count). The monoisotopic (exact) mass is 659 g/mol. The van der Waals surface area contributed by atoms with Crippen LogP contribution >= 0.6 is 0 Å². The Morgan fingerprint density at radius 3 is 2.69 bits per heavy atom. The van der Waals surface area contributed by atoms with Gasteiger partial charge in [0.1, 0.15) is 18.7 Å². The molecule has 2 fully saturated rings. The van der Waals surface area contributed by atoms with Gasteiger partial charge in [0.15, 0.2) is 6.23 Å². The van der Waals surface area contributed by atoms with Gasteiger partial charge in [-0.15, -0.1) is 4.98 Å². The number of hydrogen-bond acceptors (Lipinski definition) is 7. The van der Waals surface area contributed by atoms with Crippen LogP contribution in [-0.4, -0.2) is 42.1 Å². The smallest absolute Gasteiger partial charge is 0.346 e. The number of nitrogens with zero attached hydrogens (tertiary/aromatic N) is 5. The predicted octanol–water partition coefficient (Wildman–Crippen LogP) is 7.82. The molecule has 2 atom stereocenters. The molecule has 4 heterocycles. The van der Waals surface area contributed by atoms with Crippen molar-refractivity contribution in [3.05, 3.63) is 95.2 Å². The second-order valence-electron chi connectivity index (χ2n) is 13.0. The SMILES string of the molecule is CCc1c(F)ccc2cc3c(cnn3C3CCCCO3)c(-c3nccc4c3C3(CC3)c3nc([S+](C)[O-])nc(OCc5ccccc5)c3-4)c12. The highest BCUT2D eigenvalue weighted by molar-refractivity contribution is 7.90. The fourth-order valence-corrected chi connectivity index (χ4v) is 8.26. The molecule has 242 valence electrons. The van der Waals surface area contributed by atoms with E-state index in [1.165, 1.54) is 0 Å². The normalized spacial score (nSPS) is 18.3. The molecule has 0 amide bonds. The summed E-state index contributed by atoms with van der Waals surface area (Å²) < 4.78 is 43.1. The molecule has 0 N–H and O–H groups in total. The molecule has 0 bridgehead atoms. The third-order valence-electron chi connectivity index (χ3n) is 10.2. The van der Waals surface area contributed by atoms with Crippen LogP contribution in [0.2, 0.25) is 0 Å². The average molecular weight is 660 g/mol. The number of hydrogen-bond donors (Lipinski definition) is 0. The Morgan fingerprint density at radius 2 is 1.94 bits per heavy atom. The number of halogens is 1. The van der Waals surface area contributed by atoms with E-state index in [4.69, 9.17) is 29.5 Å². The third-order valence-corrected chi connectivity index (χ3v) is 10.9. The quantitative estimate of drug-likeness (QED) is 0.127. The van der Waals surface area contributed by atoms with Crippen molar-refractivity contribution in [2.24, 2.45) is 0 Å². The molecule has 1 aliphatic heterocycles. The van der Waals surface area contributed by atoms with E-state index in [9.17, 15) is 4.55 Å². The van der Waals surface area contributed by atoms with Crippen LogP contribution in [0.4, 0.5) is 4.39 Å². The summed E-state index contributed by atoms with van der Waals surface area (Å²) in [5.74, 6) is 0.185. The first-order valence-corrected chi connectivity index (χ1v) is 18.2. The molecule has 1 spiro atoms. The fourth-order valence-electron chi connectivity index (χ4n) is 7.83. The van der Waals surface area contributed by atoms with Gasteiger partial charge in [0.05, 0.1) is 28.7 Å². The molecule has 48 heavy (non-hydrogen) atoms. The highest BCUT2D eigenvalue weighted by atomic mass is 32.2. The number of rotatable bonds is 7. The molecule has 2 aliphatic carbocycles. The number of aromatic nitrogens is 5. The molecule has 3 aromatic heterocycles. The van der Waals surface area contributed by atoms with Crippen molar-refractivity contribution in [3.8, 4) is 28.3 Å². The van der Waals surface area contributed by atoms with Gasteiger partial charge in [-0.3, -0.25) is 4.98 Å². The van der Waals surface area contributed by atoms with Gasteiger partial charge >= 0.3 is 5.16 Å². The molecule has 0 radical (unpaired) electrons. The summed E-state index contributed by atoms with van der Waals surface area (Å²) in [7, 11) is 0. The lowest BCUT2D eigenvalue weighted by atomic mass is 9.87. The third kappa shape index (κ3) is 4.49. The largest absolute Gasteiger partial charge is 0.609 e. The molecule has 1 saturated carbocycles. The minimum absolute atomic E-state index is 0.158. The van der Waals surface area contributed by atoms with E-state index < -0.39 is 16.6 Å². The molecule has 2 unspecified atom stereocenters. The first kappa shape index (κ1) is 29.7. The molecular formula is C38H34FN5O3S. The molecular weight excluding hydrogens is 626 g/mol. The standard InChI is InChI=1S/C38H34FN5O3S/c1-3-24-27(39)13-12-23-19-28-26(20-41-44(28)29-11-7-8-18-46-29)31(30(23)24)34-33-25(14-17-40-34)32-35(38(33)15-16-38)42-37(48(2)45)43-36(32)47-21-22-9-5-4-6-10-22/h4-6,9-10,12-14,17,19-20,29H,3,7-8,11,15-16,18,21H2,1-2H3. The van der Waals surface area contributed by atoms with Gasteiger partial charge < -0.3 is 14.0 Å². The maximum atomic E-state index is 15.6. The van der Waals surface area contributed by atoms with Gasteiger partial charge in [-0.25, -0.2) is 9.07 Å². The van der Waals surface area contributed by atoms with E-state index in [0.29, 0.717) is 31.1 Å². The molecule has 1 saturated heterocycles. The Labute approximate surface area is 280 Å². The van der Waals surface area contributed by atoms with Crippen LogP contribution in [0.5, 0.6) is 5.88 Å². The number of fused-ring (bicyclic) bond motifs is 7. The van der Waals surface area contributed by atoms with Crippen LogP contribution < -0.4 is 4.74 Å². The average Bonchev–Trinajstić information content (AvgIpc) is 3.73. The summed E-state index contributed by atoms with van der Waals surface area (Å²) in [5, 5.41) is 7.83. The zero-order chi connectivity index (χ0) is 32.6. The van der Waals surface area contributed by atoms with Gasteiger partial charge in [0.25, 0.3) is 0 Å². The van der Waals surface area contributed by atoms with Gasteiger partial charge in [0, 0.05) is 40.3 Å².